The highest BCUT2D eigenvalue weighted by Gasteiger charge is 2.28. The predicted octanol–water partition coefficient (Wildman–Crippen LogP) is 3.63. The van der Waals surface area contributed by atoms with Gasteiger partial charge in [-0.2, -0.15) is 0 Å². The van der Waals surface area contributed by atoms with E-state index in [1.54, 1.807) is 0 Å². The van der Waals surface area contributed by atoms with Crippen LogP contribution in [0.25, 0.3) is 0 Å². The van der Waals surface area contributed by atoms with Crippen molar-refractivity contribution >= 4 is 11.9 Å². The highest BCUT2D eigenvalue weighted by Crippen LogP contribution is 2.21. The average molecular weight is 339 g/mol. The van der Waals surface area contributed by atoms with Gasteiger partial charge in [0, 0.05) is 19.6 Å². The number of amides is 1. The maximum absolute atomic E-state index is 12.0. The van der Waals surface area contributed by atoms with E-state index in [1.807, 2.05) is 4.90 Å². The van der Waals surface area contributed by atoms with Gasteiger partial charge in [0.1, 0.15) is 6.61 Å². The first-order valence-corrected chi connectivity index (χ1v) is 9.32. The van der Waals surface area contributed by atoms with Crippen molar-refractivity contribution in [1.82, 2.24) is 4.90 Å². The molecule has 0 bridgehead atoms. The van der Waals surface area contributed by atoms with Crippen LogP contribution in [0.3, 0.4) is 0 Å². The number of hydrogen-bond donors (Lipinski definition) is 1. The molecule has 0 saturated carbocycles. The molecule has 0 spiro atoms. The molecule has 1 unspecified atom stereocenters. The Morgan fingerprint density at radius 3 is 2.88 bits per heavy atom. The van der Waals surface area contributed by atoms with Crippen molar-refractivity contribution in [2.75, 3.05) is 19.8 Å². The summed E-state index contributed by atoms with van der Waals surface area (Å²) < 4.78 is 5.02. The molecule has 0 aliphatic carbocycles. The quantitative estimate of drug-likeness (QED) is 0.411. The number of hydrogen-bond acceptors (Lipinski definition) is 3. The normalized spacial score (nSPS) is 19.3. The molecule has 1 amide bonds. The molecule has 5 heteroatoms. The fourth-order valence-corrected chi connectivity index (χ4v) is 3.02. The molecule has 1 rings (SSSR count). The molecule has 0 aromatic carbocycles. The van der Waals surface area contributed by atoms with E-state index >= 15 is 0 Å². The molecule has 1 aliphatic heterocycles. The summed E-state index contributed by atoms with van der Waals surface area (Å²) in [6.07, 6.45) is 12.7. The number of nitrogens with zero attached hydrogens (tertiary/aromatic N) is 1. The van der Waals surface area contributed by atoms with Crippen LogP contribution in [0, 0.1) is 5.92 Å². The van der Waals surface area contributed by atoms with Gasteiger partial charge in [-0.05, 0) is 31.6 Å². The van der Waals surface area contributed by atoms with Crippen LogP contribution in [0.5, 0.6) is 0 Å². The van der Waals surface area contributed by atoms with Gasteiger partial charge in [0.15, 0.2) is 0 Å². The van der Waals surface area contributed by atoms with E-state index in [4.69, 9.17) is 9.84 Å². The van der Waals surface area contributed by atoms with Crippen molar-refractivity contribution in [3.05, 3.63) is 12.2 Å². The maximum Gasteiger partial charge on any atom is 0.329 e. The molecule has 0 radical (unpaired) electrons. The highest BCUT2D eigenvalue weighted by atomic mass is 16.5. The largest absolute Gasteiger partial charge is 0.480 e. The summed E-state index contributed by atoms with van der Waals surface area (Å²) in [5.74, 6) is -0.142. The van der Waals surface area contributed by atoms with Crippen LogP contribution < -0.4 is 0 Å². The minimum Gasteiger partial charge on any atom is -0.480 e. The zero-order valence-corrected chi connectivity index (χ0v) is 15.2. The van der Waals surface area contributed by atoms with Crippen molar-refractivity contribution < 1.29 is 19.4 Å². The van der Waals surface area contributed by atoms with Gasteiger partial charge in [-0.3, -0.25) is 4.79 Å². The lowest BCUT2D eigenvalue weighted by Crippen LogP contribution is -2.32. The number of carboxylic acid groups (broad SMARTS) is 1. The number of carbonyl (C=O) groups is 2. The summed E-state index contributed by atoms with van der Waals surface area (Å²) in [4.78, 5) is 24.3. The lowest BCUT2D eigenvalue weighted by molar-refractivity contribution is -0.142. The minimum absolute atomic E-state index is 0.228. The first kappa shape index (κ1) is 20.7. The summed E-state index contributed by atoms with van der Waals surface area (Å²) in [7, 11) is 0. The average Bonchev–Trinajstić information content (AvgIpc) is 2.89. The molecule has 1 fully saturated rings. The molecule has 1 heterocycles. The van der Waals surface area contributed by atoms with Crippen LogP contribution in [0.15, 0.2) is 12.2 Å². The number of carboxylic acids is 1. The maximum atomic E-state index is 12.0. The van der Waals surface area contributed by atoms with Gasteiger partial charge in [-0.25, -0.2) is 4.79 Å². The molecular weight excluding hydrogens is 306 g/mol. The van der Waals surface area contributed by atoms with Gasteiger partial charge in [-0.15, -0.1) is 0 Å². The molecule has 0 aromatic heterocycles. The molecule has 0 aromatic rings. The molecule has 1 aliphatic rings. The van der Waals surface area contributed by atoms with Crippen LogP contribution in [0.2, 0.25) is 0 Å². The minimum atomic E-state index is -0.942. The third-order valence-corrected chi connectivity index (χ3v) is 4.46. The highest BCUT2D eigenvalue weighted by molar-refractivity contribution is 5.79. The number of rotatable bonds is 13. The lowest BCUT2D eigenvalue weighted by atomic mass is 10.0. The van der Waals surface area contributed by atoms with Crippen molar-refractivity contribution in [3.63, 3.8) is 0 Å². The van der Waals surface area contributed by atoms with Crippen LogP contribution in [-0.4, -0.2) is 47.7 Å². The standard InChI is InChI=1S/C19H33NO4/c1-3-4-5-8-16(2)9-10-17-11-12-18(21)20(17)13-6-7-14-24-15-19(22)23/h9-10,16-17H,3-8,11-15H2,1-2H3,(H,22,23)/b10-9+/t16-,17?/m0/s1. The van der Waals surface area contributed by atoms with Gasteiger partial charge in [0.25, 0.3) is 0 Å². The van der Waals surface area contributed by atoms with Crippen molar-refractivity contribution in [3.8, 4) is 0 Å². The second-order valence-corrected chi connectivity index (χ2v) is 6.70. The second-order valence-electron chi connectivity index (χ2n) is 6.70. The lowest BCUT2D eigenvalue weighted by Gasteiger charge is -2.22. The Balaban J connectivity index is 2.28. The number of ether oxygens (including phenoxy) is 1. The Morgan fingerprint density at radius 2 is 2.17 bits per heavy atom. The van der Waals surface area contributed by atoms with Gasteiger partial charge >= 0.3 is 5.97 Å². The fraction of sp³-hybridized carbons (Fsp3) is 0.789. The van der Waals surface area contributed by atoms with E-state index in [9.17, 15) is 9.59 Å². The molecule has 1 N–H and O–H groups in total. The summed E-state index contributed by atoms with van der Waals surface area (Å²) >= 11 is 0. The van der Waals surface area contributed by atoms with E-state index in [-0.39, 0.29) is 18.6 Å². The number of likely N-dealkylation sites (tertiary alicyclic amines) is 1. The number of unbranched alkanes of at least 4 members (excludes halogenated alkanes) is 3. The topological polar surface area (TPSA) is 66.8 Å². The molecular formula is C19H33NO4. The molecule has 2 atom stereocenters. The van der Waals surface area contributed by atoms with E-state index in [0.717, 1.165) is 25.8 Å². The Hall–Kier alpha value is -1.36. The Kier molecular flexibility index (Phi) is 10.4. The van der Waals surface area contributed by atoms with Crippen LogP contribution in [0.1, 0.15) is 65.2 Å². The second kappa shape index (κ2) is 12.1. The van der Waals surface area contributed by atoms with Crippen LogP contribution in [0.4, 0.5) is 0 Å². The van der Waals surface area contributed by atoms with E-state index in [2.05, 4.69) is 26.0 Å². The first-order valence-electron chi connectivity index (χ1n) is 9.32. The molecule has 138 valence electrons. The van der Waals surface area contributed by atoms with Gasteiger partial charge in [-0.1, -0.05) is 45.3 Å². The number of aliphatic carboxylic acids is 1. The third-order valence-electron chi connectivity index (χ3n) is 4.46. The van der Waals surface area contributed by atoms with Crippen LogP contribution >= 0.6 is 0 Å². The number of carbonyl (C=O) groups excluding carboxylic acids is 1. The van der Waals surface area contributed by atoms with Gasteiger partial charge < -0.3 is 14.7 Å². The smallest absolute Gasteiger partial charge is 0.329 e. The van der Waals surface area contributed by atoms with E-state index in [1.165, 1.54) is 25.7 Å². The summed E-state index contributed by atoms with van der Waals surface area (Å²) in [5, 5.41) is 8.50. The monoisotopic (exact) mass is 339 g/mol. The van der Waals surface area contributed by atoms with Gasteiger partial charge in [0.2, 0.25) is 5.91 Å². The summed E-state index contributed by atoms with van der Waals surface area (Å²) in [6, 6.07) is 0.228. The Bertz CT molecular complexity index is 408. The van der Waals surface area contributed by atoms with Crippen molar-refractivity contribution in [2.24, 2.45) is 5.92 Å². The molecule has 24 heavy (non-hydrogen) atoms. The molecule has 5 nitrogen and oxygen atoms in total. The summed E-state index contributed by atoms with van der Waals surface area (Å²) in [5.41, 5.74) is 0. The SMILES string of the molecule is CCCCC[C@H](C)/C=C/C1CCC(=O)N1CCCCOCC(=O)O. The fourth-order valence-electron chi connectivity index (χ4n) is 3.02. The summed E-state index contributed by atoms with van der Waals surface area (Å²) in [6.45, 7) is 5.38. The zero-order chi connectivity index (χ0) is 17.8. The molecule has 1 saturated heterocycles. The van der Waals surface area contributed by atoms with Crippen molar-refractivity contribution in [2.45, 2.75) is 71.3 Å². The number of allylic oxidation sites excluding steroid dienone is 1. The zero-order valence-electron chi connectivity index (χ0n) is 15.2. The Labute approximate surface area is 146 Å². The van der Waals surface area contributed by atoms with Crippen molar-refractivity contribution in [1.29, 1.82) is 0 Å². The van der Waals surface area contributed by atoms with E-state index in [0.29, 0.717) is 18.9 Å². The predicted molar refractivity (Wildman–Crippen MR) is 94.9 cm³/mol. The third kappa shape index (κ3) is 8.48. The van der Waals surface area contributed by atoms with E-state index < -0.39 is 5.97 Å². The van der Waals surface area contributed by atoms with Gasteiger partial charge in [0.05, 0.1) is 6.04 Å². The first-order chi connectivity index (χ1) is 11.5. The Morgan fingerprint density at radius 1 is 1.38 bits per heavy atom. The van der Waals surface area contributed by atoms with Crippen LogP contribution in [-0.2, 0) is 14.3 Å².